The van der Waals surface area contributed by atoms with Crippen LogP contribution in [0.3, 0.4) is 0 Å². The van der Waals surface area contributed by atoms with Gasteiger partial charge in [0.2, 0.25) is 5.82 Å². The molecular weight excluding hydrogens is 316 g/mol. The zero-order chi connectivity index (χ0) is 16.7. The number of benzene rings is 1. The van der Waals surface area contributed by atoms with Gasteiger partial charge in [-0.1, -0.05) is 30.3 Å². The molecule has 1 aromatic carbocycles. The van der Waals surface area contributed by atoms with E-state index in [9.17, 15) is 9.90 Å². The Morgan fingerprint density at radius 1 is 1.21 bits per heavy atom. The number of aliphatic hydroxyl groups excluding tert-OH is 1. The van der Waals surface area contributed by atoms with Gasteiger partial charge in [0.05, 0.1) is 6.61 Å². The summed E-state index contributed by atoms with van der Waals surface area (Å²) in [6, 6.07) is 9.49. The summed E-state index contributed by atoms with van der Waals surface area (Å²) in [5.41, 5.74) is 6.04. The molecule has 4 rings (SSSR count). The molecule has 0 spiro atoms. The van der Waals surface area contributed by atoms with Gasteiger partial charge in [0.25, 0.3) is 5.91 Å². The summed E-state index contributed by atoms with van der Waals surface area (Å²) in [5.74, 6) is -0.839. The average molecular weight is 332 g/mol. The van der Waals surface area contributed by atoms with Crippen molar-refractivity contribution in [3.05, 3.63) is 48.0 Å². The van der Waals surface area contributed by atoms with E-state index in [2.05, 4.69) is 10.1 Å². The SMILES string of the molecule is NC(=O)c1ncn(C2OC(CO)C3O[C@H](c4ccccc4)O[C@H]32)n1. The fraction of sp³-hybridized carbons (Fsp3) is 0.400. The van der Waals surface area contributed by atoms with Crippen LogP contribution in [0.25, 0.3) is 0 Å². The van der Waals surface area contributed by atoms with Gasteiger partial charge in [0.1, 0.15) is 24.6 Å². The molecule has 2 aromatic rings. The van der Waals surface area contributed by atoms with Crippen molar-refractivity contribution in [3.8, 4) is 0 Å². The van der Waals surface area contributed by atoms with Gasteiger partial charge < -0.3 is 25.1 Å². The van der Waals surface area contributed by atoms with Gasteiger partial charge in [-0.2, -0.15) is 0 Å². The topological polar surface area (TPSA) is 122 Å². The molecule has 2 saturated heterocycles. The molecule has 3 N–H and O–H groups in total. The number of nitrogens with two attached hydrogens (primary N) is 1. The lowest BCUT2D eigenvalue weighted by molar-refractivity contribution is -0.156. The highest BCUT2D eigenvalue weighted by atomic mass is 16.8. The largest absolute Gasteiger partial charge is 0.394 e. The molecule has 1 aromatic heterocycles. The molecule has 9 nitrogen and oxygen atoms in total. The molecule has 2 aliphatic heterocycles. The summed E-state index contributed by atoms with van der Waals surface area (Å²) >= 11 is 0. The molecule has 0 aliphatic carbocycles. The van der Waals surface area contributed by atoms with Crippen LogP contribution in [0, 0.1) is 0 Å². The van der Waals surface area contributed by atoms with Gasteiger partial charge in [-0.25, -0.2) is 9.67 Å². The van der Waals surface area contributed by atoms with Crippen molar-refractivity contribution in [2.75, 3.05) is 6.61 Å². The number of fused-ring (bicyclic) bond motifs is 1. The van der Waals surface area contributed by atoms with E-state index in [0.717, 1.165) is 5.56 Å². The highest BCUT2D eigenvalue weighted by Gasteiger charge is 2.53. The summed E-state index contributed by atoms with van der Waals surface area (Å²) in [7, 11) is 0. The molecule has 126 valence electrons. The number of amides is 1. The fourth-order valence-corrected chi connectivity index (χ4v) is 2.97. The first kappa shape index (κ1) is 15.2. The molecule has 3 unspecified atom stereocenters. The number of hydrogen-bond acceptors (Lipinski definition) is 7. The number of rotatable bonds is 4. The Balaban J connectivity index is 1.59. The second-order valence-electron chi connectivity index (χ2n) is 5.60. The Kier molecular flexibility index (Phi) is 3.77. The second kappa shape index (κ2) is 5.95. The van der Waals surface area contributed by atoms with E-state index in [4.69, 9.17) is 19.9 Å². The van der Waals surface area contributed by atoms with Crippen LogP contribution in [-0.4, -0.2) is 50.7 Å². The third-order valence-corrected chi connectivity index (χ3v) is 4.09. The van der Waals surface area contributed by atoms with E-state index in [-0.39, 0.29) is 12.4 Å². The first-order valence-corrected chi connectivity index (χ1v) is 7.50. The number of nitrogens with zero attached hydrogens (tertiary/aromatic N) is 3. The Hall–Kier alpha value is -2.33. The molecular formula is C15H16N4O5. The standard InChI is InChI=1S/C15H16N4O5/c16-12(21)13-17-7-19(18-13)14-11-10(9(6-20)22-14)23-15(24-11)8-4-2-1-3-5-8/h1-5,7,9-11,14-15,20H,6H2,(H2,16,21)/t9?,10?,11-,14?,15+/m1/s1. The lowest BCUT2D eigenvalue weighted by Crippen LogP contribution is -2.30. The molecule has 9 heteroatoms. The van der Waals surface area contributed by atoms with Crippen LogP contribution in [0.4, 0.5) is 0 Å². The van der Waals surface area contributed by atoms with Crippen molar-refractivity contribution in [2.45, 2.75) is 30.8 Å². The zero-order valence-electron chi connectivity index (χ0n) is 12.6. The number of primary amides is 1. The number of aliphatic hydroxyl groups is 1. The maximum Gasteiger partial charge on any atom is 0.288 e. The Bertz CT molecular complexity index is 736. The van der Waals surface area contributed by atoms with Gasteiger partial charge >= 0.3 is 0 Å². The minimum absolute atomic E-state index is 0.110. The van der Waals surface area contributed by atoms with Crippen LogP contribution in [0.15, 0.2) is 36.7 Å². The first-order valence-electron chi connectivity index (χ1n) is 7.50. The number of carbonyl (C=O) groups excluding carboxylic acids is 1. The Morgan fingerprint density at radius 3 is 2.62 bits per heavy atom. The highest BCUT2D eigenvalue weighted by Crippen LogP contribution is 2.43. The van der Waals surface area contributed by atoms with Crippen molar-refractivity contribution in [1.82, 2.24) is 14.8 Å². The second-order valence-corrected chi connectivity index (χ2v) is 5.60. The maximum atomic E-state index is 11.2. The number of aromatic nitrogens is 3. The van der Waals surface area contributed by atoms with Crippen LogP contribution in [0.1, 0.15) is 28.7 Å². The van der Waals surface area contributed by atoms with Crippen molar-refractivity contribution in [2.24, 2.45) is 5.73 Å². The third kappa shape index (κ3) is 2.47. The van der Waals surface area contributed by atoms with Crippen LogP contribution in [0.2, 0.25) is 0 Å². The van der Waals surface area contributed by atoms with Crippen LogP contribution < -0.4 is 5.73 Å². The van der Waals surface area contributed by atoms with Gasteiger partial charge in [0.15, 0.2) is 12.5 Å². The Labute approximate surface area is 136 Å². The van der Waals surface area contributed by atoms with Crippen molar-refractivity contribution in [1.29, 1.82) is 0 Å². The number of ether oxygens (including phenoxy) is 3. The van der Waals surface area contributed by atoms with E-state index in [1.165, 1.54) is 11.0 Å². The molecule has 2 aliphatic rings. The van der Waals surface area contributed by atoms with E-state index >= 15 is 0 Å². The van der Waals surface area contributed by atoms with Crippen molar-refractivity contribution < 1.29 is 24.1 Å². The molecule has 5 atom stereocenters. The quantitative estimate of drug-likeness (QED) is 0.791. The molecule has 1 amide bonds. The minimum atomic E-state index is -0.729. The minimum Gasteiger partial charge on any atom is -0.394 e. The maximum absolute atomic E-state index is 11.2. The first-order chi connectivity index (χ1) is 11.7. The van der Waals surface area contributed by atoms with Gasteiger partial charge in [0, 0.05) is 5.56 Å². The van der Waals surface area contributed by atoms with Gasteiger partial charge in [-0.15, -0.1) is 5.10 Å². The summed E-state index contributed by atoms with van der Waals surface area (Å²) in [4.78, 5) is 15.0. The normalized spacial score (nSPS) is 32.0. The van der Waals surface area contributed by atoms with Gasteiger partial charge in [-0.3, -0.25) is 4.79 Å². The number of hydrogen-bond donors (Lipinski definition) is 2. The van der Waals surface area contributed by atoms with Crippen LogP contribution >= 0.6 is 0 Å². The summed E-state index contributed by atoms with van der Waals surface area (Å²) in [6.45, 7) is -0.222. The molecule has 0 radical (unpaired) electrons. The Morgan fingerprint density at radius 2 is 1.96 bits per heavy atom. The monoisotopic (exact) mass is 332 g/mol. The van der Waals surface area contributed by atoms with E-state index in [1.807, 2.05) is 30.3 Å². The van der Waals surface area contributed by atoms with Crippen LogP contribution in [-0.2, 0) is 14.2 Å². The van der Waals surface area contributed by atoms with Crippen molar-refractivity contribution in [3.63, 3.8) is 0 Å². The predicted octanol–water partition coefficient (Wildman–Crippen LogP) is -0.251. The van der Waals surface area contributed by atoms with Gasteiger partial charge in [-0.05, 0) is 0 Å². The lowest BCUT2D eigenvalue weighted by atomic mass is 10.1. The molecule has 0 bridgehead atoms. The van der Waals surface area contributed by atoms with Crippen LogP contribution in [0.5, 0.6) is 0 Å². The summed E-state index contributed by atoms with van der Waals surface area (Å²) in [6.07, 6.45) is -1.38. The predicted molar refractivity (Wildman–Crippen MR) is 78.5 cm³/mol. The van der Waals surface area contributed by atoms with E-state index in [1.54, 1.807) is 0 Å². The molecule has 2 fully saturated rings. The average Bonchev–Trinajstić information content (AvgIpc) is 3.30. The summed E-state index contributed by atoms with van der Waals surface area (Å²) < 4.78 is 19.0. The van der Waals surface area contributed by atoms with E-state index in [0.29, 0.717) is 0 Å². The van der Waals surface area contributed by atoms with Crippen molar-refractivity contribution >= 4 is 5.91 Å². The summed E-state index contributed by atoms with van der Waals surface area (Å²) in [5, 5.41) is 13.6. The lowest BCUT2D eigenvalue weighted by Gasteiger charge is -2.19. The smallest absolute Gasteiger partial charge is 0.288 e. The fourth-order valence-electron chi connectivity index (χ4n) is 2.97. The third-order valence-electron chi connectivity index (χ3n) is 4.09. The molecule has 24 heavy (non-hydrogen) atoms. The zero-order valence-corrected chi connectivity index (χ0v) is 12.6. The highest BCUT2D eigenvalue weighted by molar-refractivity contribution is 5.88. The number of carbonyl (C=O) groups is 1. The molecule has 3 heterocycles. The molecule has 0 saturated carbocycles. The van der Waals surface area contributed by atoms with E-state index < -0.39 is 36.7 Å².